The zero-order chi connectivity index (χ0) is 25.0. The number of carbonyl (C=O) groups excluding carboxylic acids is 1. The molecule has 35 heavy (non-hydrogen) atoms. The Morgan fingerprint density at radius 1 is 1.14 bits per heavy atom. The highest BCUT2D eigenvalue weighted by Crippen LogP contribution is 2.54. The number of amides is 1. The SMILES string of the molecule is COc1ncc(-c2cc3cc(NC(=O)C4C(C)C4c4cnn(C)c4)ncc3c(N)c2F)c(C)c1N. The number of aryl methyl sites for hydroxylation is 1. The number of aromatic nitrogens is 4. The van der Waals surface area contributed by atoms with Crippen LogP contribution in [0.4, 0.5) is 21.6 Å². The van der Waals surface area contributed by atoms with Gasteiger partial charge in [0.2, 0.25) is 11.8 Å². The summed E-state index contributed by atoms with van der Waals surface area (Å²) in [6, 6.07) is 3.35. The molecule has 0 spiro atoms. The largest absolute Gasteiger partial charge is 0.480 e. The summed E-state index contributed by atoms with van der Waals surface area (Å²) >= 11 is 0. The Balaban J connectivity index is 1.47. The predicted molar refractivity (Wildman–Crippen MR) is 132 cm³/mol. The summed E-state index contributed by atoms with van der Waals surface area (Å²) in [6.07, 6.45) is 6.70. The number of halogens is 1. The van der Waals surface area contributed by atoms with Gasteiger partial charge in [-0.25, -0.2) is 14.4 Å². The Bertz CT molecular complexity index is 1480. The number of nitrogens with two attached hydrogens (primary N) is 2. The average Bonchev–Trinajstić information content (AvgIpc) is 3.32. The van der Waals surface area contributed by atoms with Crippen LogP contribution in [0.2, 0.25) is 0 Å². The summed E-state index contributed by atoms with van der Waals surface area (Å²) in [4.78, 5) is 21.4. The number of hydrogen-bond donors (Lipinski definition) is 3. The Hall–Kier alpha value is -4.21. The van der Waals surface area contributed by atoms with Crippen LogP contribution >= 0.6 is 0 Å². The van der Waals surface area contributed by atoms with Crippen LogP contribution in [0.15, 0.2) is 36.9 Å². The van der Waals surface area contributed by atoms with Crippen molar-refractivity contribution >= 4 is 33.9 Å². The zero-order valence-electron chi connectivity index (χ0n) is 19.8. The molecule has 5 N–H and O–H groups in total. The van der Waals surface area contributed by atoms with Crippen molar-refractivity contribution in [3.05, 3.63) is 53.9 Å². The van der Waals surface area contributed by atoms with Gasteiger partial charge in [-0.2, -0.15) is 5.10 Å². The van der Waals surface area contributed by atoms with E-state index in [-0.39, 0.29) is 40.8 Å². The van der Waals surface area contributed by atoms with E-state index in [4.69, 9.17) is 16.2 Å². The van der Waals surface area contributed by atoms with Crippen molar-refractivity contribution in [3.63, 3.8) is 0 Å². The Labute approximate surface area is 201 Å². The second-order valence-corrected chi connectivity index (χ2v) is 9.01. The van der Waals surface area contributed by atoms with Gasteiger partial charge in [-0.05, 0) is 41.5 Å². The lowest BCUT2D eigenvalue weighted by Crippen LogP contribution is -2.16. The molecule has 3 atom stereocenters. The first kappa shape index (κ1) is 22.6. The van der Waals surface area contributed by atoms with E-state index in [1.54, 1.807) is 29.9 Å². The third-order valence-corrected chi connectivity index (χ3v) is 6.87. The average molecular weight is 476 g/mol. The first-order chi connectivity index (χ1) is 16.7. The van der Waals surface area contributed by atoms with Crippen molar-refractivity contribution in [1.82, 2.24) is 19.7 Å². The van der Waals surface area contributed by atoms with Crippen molar-refractivity contribution < 1.29 is 13.9 Å². The molecule has 1 aliphatic rings. The van der Waals surface area contributed by atoms with Gasteiger partial charge in [-0.3, -0.25) is 9.48 Å². The second-order valence-electron chi connectivity index (χ2n) is 9.01. The van der Waals surface area contributed by atoms with Crippen LogP contribution in [-0.2, 0) is 11.8 Å². The first-order valence-corrected chi connectivity index (χ1v) is 11.2. The van der Waals surface area contributed by atoms with Crippen molar-refractivity contribution in [2.45, 2.75) is 19.8 Å². The molecular weight excluding hydrogens is 449 g/mol. The van der Waals surface area contributed by atoms with Crippen LogP contribution < -0.4 is 21.5 Å². The number of anilines is 3. The molecule has 3 heterocycles. The second kappa shape index (κ2) is 8.23. The summed E-state index contributed by atoms with van der Waals surface area (Å²) in [5.41, 5.74) is 14.9. The Morgan fingerprint density at radius 2 is 1.91 bits per heavy atom. The normalized spacial score (nSPS) is 19.1. The minimum Gasteiger partial charge on any atom is -0.480 e. The Kier molecular flexibility index (Phi) is 5.31. The summed E-state index contributed by atoms with van der Waals surface area (Å²) in [7, 11) is 3.32. The lowest BCUT2D eigenvalue weighted by molar-refractivity contribution is -0.117. The maximum absolute atomic E-state index is 15.3. The number of carbonyl (C=O) groups is 1. The standard InChI is InChI=1S/C25H26FN7O2/c1-11-16(8-30-25(35-4)22(11)27)15-5-13-6-18(29-9-17(13)23(28)21(15)26)32-24(34)20-12(2)19(20)14-7-31-33(3)10-14/h5-10,12,19-20H,27-28H2,1-4H3,(H,29,32,34). The van der Waals surface area contributed by atoms with Gasteiger partial charge in [-0.15, -0.1) is 0 Å². The molecule has 1 saturated carbocycles. The number of nitrogen functional groups attached to an aromatic ring is 2. The van der Waals surface area contributed by atoms with Gasteiger partial charge in [-0.1, -0.05) is 6.92 Å². The van der Waals surface area contributed by atoms with Crippen LogP contribution in [0, 0.1) is 24.6 Å². The third-order valence-electron chi connectivity index (χ3n) is 6.87. The van der Waals surface area contributed by atoms with Gasteiger partial charge >= 0.3 is 0 Å². The van der Waals surface area contributed by atoms with Gasteiger partial charge in [0, 0.05) is 54.0 Å². The maximum Gasteiger partial charge on any atom is 0.237 e. The highest BCUT2D eigenvalue weighted by atomic mass is 19.1. The molecule has 0 bridgehead atoms. The molecule has 0 saturated heterocycles. The van der Waals surface area contributed by atoms with Crippen LogP contribution in [-0.4, -0.2) is 32.8 Å². The lowest BCUT2D eigenvalue weighted by Gasteiger charge is -2.15. The smallest absolute Gasteiger partial charge is 0.237 e. The molecule has 4 aromatic rings. The molecule has 1 amide bonds. The topological polar surface area (TPSA) is 134 Å². The summed E-state index contributed by atoms with van der Waals surface area (Å²) < 4.78 is 22.1. The number of ether oxygens (including phenoxy) is 1. The minimum absolute atomic E-state index is 0.0378. The van der Waals surface area contributed by atoms with E-state index < -0.39 is 5.82 Å². The van der Waals surface area contributed by atoms with E-state index in [1.165, 1.54) is 19.5 Å². The molecule has 5 rings (SSSR count). The molecule has 180 valence electrons. The number of nitrogens with zero attached hydrogens (tertiary/aromatic N) is 4. The van der Waals surface area contributed by atoms with E-state index in [2.05, 4.69) is 20.4 Å². The minimum atomic E-state index is -0.586. The van der Waals surface area contributed by atoms with Gasteiger partial charge in [0.1, 0.15) is 5.82 Å². The van der Waals surface area contributed by atoms with E-state index >= 15 is 4.39 Å². The molecule has 9 nitrogen and oxygen atoms in total. The van der Waals surface area contributed by atoms with E-state index in [0.717, 1.165) is 5.56 Å². The maximum atomic E-state index is 15.3. The van der Waals surface area contributed by atoms with Crippen molar-refractivity contribution in [2.24, 2.45) is 18.9 Å². The van der Waals surface area contributed by atoms with Crippen LogP contribution in [0.3, 0.4) is 0 Å². The van der Waals surface area contributed by atoms with Gasteiger partial charge < -0.3 is 21.5 Å². The molecular formula is C25H26FN7O2. The zero-order valence-corrected chi connectivity index (χ0v) is 19.8. The monoisotopic (exact) mass is 475 g/mol. The van der Waals surface area contributed by atoms with Gasteiger partial charge in [0.15, 0.2) is 5.82 Å². The fourth-order valence-electron chi connectivity index (χ4n) is 4.79. The van der Waals surface area contributed by atoms with E-state index in [0.29, 0.717) is 33.4 Å². The van der Waals surface area contributed by atoms with Crippen molar-refractivity contribution in [1.29, 1.82) is 0 Å². The van der Waals surface area contributed by atoms with Gasteiger partial charge in [0.25, 0.3) is 0 Å². The number of pyridine rings is 2. The number of hydrogen-bond acceptors (Lipinski definition) is 7. The predicted octanol–water partition coefficient (Wildman–Crippen LogP) is 3.64. The Morgan fingerprint density at radius 3 is 2.60 bits per heavy atom. The quantitative estimate of drug-likeness (QED) is 0.375. The summed E-state index contributed by atoms with van der Waals surface area (Å²) in [5, 5.41) is 8.18. The fraction of sp³-hybridized carbons (Fsp3) is 0.280. The van der Waals surface area contributed by atoms with Crippen LogP contribution in [0.1, 0.15) is 24.0 Å². The number of fused-ring (bicyclic) bond motifs is 1. The molecule has 0 radical (unpaired) electrons. The van der Waals surface area contributed by atoms with Crippen LogP contribution in [0.5, 0.6) is 5.88 Å². The first-order valence-electron chi connectivity index (χ1n) is 11.2. The van der Waals surface area contributed by atoms with E-state index in [1.807, 2.05) is 20.2 Å². The van der Waals surface area contributed by atoms with Crippen molar-refractivity contribution in [3.8, 4) is 17.0 Å². The fourth-order valence-corrected chi connectivity index (χ4v) is 4.79. The number of benzene rings is 1. The van der Waals surface area contributed by atoms with Gasteiger partial charge in [0.05, 0.1) is 24.7 Å². The third kappa shape index (κ3) is 3.71. The lowest BCUT2D eigenvalue weighted by atomic mass is 9.97. The highest BCUT2D eigenvalue weighted by molar-refractivity contribution is 6.01. The van der Waals surface area contributed by atoms with Crippen LogP contribution in [0.25, 0.3) is 21.9 Å². The molecule has 10 heteroatoms. The molecule has 0 aliphatic heterocycles. The molecule has 1 aromatic carbocycles. The van der Waals surface area contributed by atoms with E-state index in [9.17, 15) is 4.79 Å². The molecule has 1 fully saturated rings. The molecule has 1 aliphatic carbocycles. The summed E-state index contributed by atoms with van der Waals surface area (Å²) in [5.74, 6) is 0.0966. The number of rotatable bonds is 5. The number of nitrogens with one attached hydrogen (secondary N) is 1. The highest BCUT2D eigenvalue weighted by Gasteiger charge is 2.52. The van der Waals surface area contributed by atoms with Crippen molar-refractivity contribution in [2.75, 3.05) is 23.9 Å². The molecule has 3 aromatic heterocycles. The summed E-state index contributed by atoms with van der Waals surface area (Å²) in [6.45, 7) is 3.81. The number of methoxy groups -OCH3 is 1. The molecule has 3 unspecified atom stereocenters.